The molecule has 2 aromatic carbocycles. The first-order valence-corrected chi connectivity index (χ1v) is 8.92. The number of benzene rings is 2. The summed E-state index contributed by atoms with van der Waals surface area (Å²) in [7, 11) is 0. The molecule has 0 bridgehead atoms. The molecule has 8 heteroatoms. The summed E-state index contributed by atoms with van der Waals surface area (Å²) in [5.41, 5.74) is 9.89. The smallest absolute Gasteiger partial charge is 0.162 e. The third-order valence-electron chi connectivity index (χ3n) is 4.56. The Bertz CT molecular complexity index is 1100. The van der Waals surface area contributed by atoms with Crippen molar-refractivity contribution < 1.29 is 4.74 Å². The Morgan fingerprint density at radius 2 is 2.00 bits per heavy atom. The summed E-state index contributed by atoms with van der Waals surface area (Å²) in [6, 6.07) is 16.9. The average Bonchev–Trinajstić information content (AvgIpc) is 3.08. The zero-order valence-electron chi connectivity index (χ0n) is 14.8. The molecule has 0 unspecified atom stereocenters. The van der Waals surface area contributed by atoms with Crippen LogP contribution in [0.1, 0.15) is 11.4 Å². The summed E-state index contributed by atoms with van der Waals surface area (Å²) >= 11 is 6.19. The van der Waals surface area contributed by atoms with Crippen molar-refractivity contribution in [2.75, 3.05) is 11.6 Å². The lowest BCUT2D eigenvalue weighted by Crippen LogP contribution is -2.34. The van der Waals surface area contributed by atoms with Crippen LogP contribution >= 0.6 is 11.6 Å². The first kappa shape index (κ1) is 17.9. The van der Waals surface area contributed by atoms with Gasteiger partial charge in [0.05, 0.1) is 28.5 Å². The SMILES string of the molecule is N#Cc1ncn2c1C/C(=C(/N)COc1ccccc1)N(N)c1cc(Cl)ccc1-2. The second-order valence-electron chi connectivity index (χ2n) is 6.28. The Kier molecular flexibility index (Phi) is 4.65. The molecule has 4 rings (SSSR count). The van der Waals surface area contributed by atoms with Crippen LogP contribution < -0.4 is 21.3 Å². The minimum Gasteiger partial charge on any atom is -0.487 e. The molecule has 0 saturated carbocycles. The first-order valence-electron chi connectivity index (χ1n) is 8.55. The number of ether oxygens (including phenoxy) is 1. The Morgan fingerprint density at radius 1 is 1.21 bits per heavy atom. The Morgan fingerprint density at radius 3 is 2.75 bits per heavy atom. The van der Waals surface area contributed by atoms with Crippen molar-refractivity contribution in [2.24, 2.45) is 11.6 Å². The molecule has 0 fully saturated rings. The number of nitrogens with two attached hydrogens (primary N) is 2. The van der Waals surface area contributed by atoms with E-state index in [1.165, 1.54) is 5.01 Å². The number of nitrogens with zero attached hydrogens (tertiary/aromatic N) is 4. The quantitative estimate of drug-likeness (QED) is 0.664. The van der Waals surface area contributed by atoms with Crippen molar-refractivity contribution >= 4 is 17.3 Å². The van der Waals surface area contributed by atoms with E-state index in [1.807, 2.05) is 41.0 Å². The zero-order chi connectivity index (χ0) is 19.7. The minimum atomic E-state index is 0.152. The zero-order valence-corrected chi connectivity index (χ0v) is 15.6. The van der Waals surface area contributed by atoms with Gasteiger partial charge in [-0.1, -0.05) is 29.8 Å². The topological polar surface area (TPSA) is 106 Å². The van der Waals surface area contributed by atoms with Gasteiger partial charge in [0.2, 0.25) is 0 Å². The van der Waals surface area contributed by atoms with Gasteiger partial charge in [0, 0.05) is 11.4 Å². The molecule has 2 heterocycles. The predicted octanol–water partition coefficient (Wildman–Crippen LogP) is 2.88. The lowest BCUT2D eigenvalue weighted by atomic mass is 10.1. The highest BCUT2D eigenvalue weighted by atomic mass is 35.5. The third kappa shape index (κ3) is 3.16. The maximum Gasteiger partial charge on any atom is 0.162 e. The van der Waals surface area contributed by atoms with E-state index in [1.54, 1.807) is 18.5 Å². The van der Waals surface area contributed by atoms with Gasteiger partial charge in [-0.05, 0) is 30.3 Å². The highest BCUT2D eigenvalue weighted by Crippen LogP contribution is 2.35. The van der Waals surface area contributed by atoms with Gasteiger partial charge < -0.3 is 10.5 Å². The first-order chi connectivity index (χ1) is 13.6. The molecule has 28 heavy (non-hydrogen) atoms. The molecule has 0 radical (unpaired) electrons. The van der Waals surface area contributed by atoms with E-state index < -0.39 is 0 Å². The fourth-order valence-electron chi connectivity index (χ4n) is 3.16. The van der Waals surface area contributed by atoms with E-state index in [0.29, 0.717) is 45.7 Å². The van der Waals surface area contributed by atoms with Crippen molar-refractivity contribution in [3.05, 3.63) is 82.7 Å². The van der Waals surface area contributed by atoms with Gasteiger partial charge in [-0.15, -0.1) is 0 Å². The fourth-order valence-corrected chi connectivity index (χ4v) is 3.32. The Balaban J connectivity index is 1.79. The number of hydrazine groups is 1. The van der Waals surface area contributed by atoms with E-state index >= 15 is 0 Å². The van der Waals surface area contributed by atoms with Crippen molar-refractivity contribution in [2.45, 2.75) is 6.42 Å². The normalized spacial score (nSPS) is 14.5. The van der Waals surface area contributed by atoms with E-state index in [-0.39, 0.29) is 6.61 Å². The molecule has 7 nitrogen and oxygen atoms in total. The molecule has 1 aromatic heterocycles. The molecule has 4 N–H and O–H groups in total. The van der Waals surface area contributed by atoms with Gasteiger partial charge in [0.1, 0.15) is 24.8 Å². The van der Waals surface area contributed by atoms with Gasteiger partial charge >= 0.3 is 0 Å². The summed E-state index contributed by atoms with van der Waals surface area (Å²) in [5.74, 6) is 7.13. The van der Waals surface area contributed by atoms with E-state index in [9.17, 15) is 5.26 Å². The van der Waals surface area contributed by atoms with Gasteiger partial charge in [-0.3, -0.25) is 9.58 Å². The molecule has 1 aliphatic heterocycles. The largest absolute Gasteiger partial charge is 0.487 e. The molecule has 0 atom stereocenters. The van der Waals surface area contributed by atoms with Crippen molar-refractivity contribution in [3.8, 4) is 17.5 Å². The van der Waals surface area contributed by atoms with Crippen LogP contribution in [0.15, 0.2) is 66.3 Å². The van der Waals surface area contributed by atoms with Crippen LogP contribution in [0.4, 0.5) is 5.69 Å². The van der Waals surface area contributed by atoms with E-state index in [2.05, 4.69) is 11.1 Å². The number of para-hydroxylation sites is 1. The number of rotatable bonds is 3. The molecule has 3 aromatic rings. The number of anilines is 1. The molecule has 0 spiro atoms. The Hall–Kier alpha value is -3.47. The molecular weight excluding hydrogens is 376 g/mol. The van der Waals surface area contributed by atoms with Gasteiger partial charge in [-0.2, -0.15) is 5.26 Å². The van der Waals surface area contributed by atoms with Crippen molar-refractivity contribution in [1.29, 1.82) is 5.26 Å². The van der Waals surface area contributed by atoms with Gasteiger partial charge in [0.15, 0.2) is 5.69 Å². The Labute approximate surface area is 167 Å². The minimum absolute atomic E-state index is 0.152. The molecule has 0 aliphatic carbocycles. The van der Waals surface area contributed by atoms with Gasteiger partial charge in [0.25, 0.3) is 0 Å². The average molecular weight is 393 g/mol. The maximum atomic E-state index is 9.45. The van der Waals surface area contributed by atoms with Crippen LogP contribution in [0, 0.1) is 11.3 Å². The van der Waals surface area contributed by atoms with Crippen molar-refractivity contribution in [1.82, 2.24) is 9.55 Å². The second-order valence-corrected chi connectivity index (χ2v) is 6.71. The van der Waals surface area contributed by atoms with Crippen LogP contribution in [-0.4, -0.2) is 16.2 Å². The standard InChI is InChI=1S/C20H17ClN6O/c21-13-6-7-17-20(8-13)27(24)18(9-19-16(10-22)25-12-26(17)19)15(23)11-28-14-4-2-1-3-5-14/h1-8,12H,9,11,23-24H2/b18-15-. The monoisotopic (exact) mass is 392 g/mol. The number of imidazole rings is 1. The van der Waals surface area contributed by atoms with Crippen LogP contribution in [0.2, 0.25) is 5.02 Å². The molecule has 0 saturated heterocycles. The predicted molar refractivity (Wildman–Crippen MR) is 107 cm³/mol. The van der Waals surface area contributed by atoms with Crippen LogP contribution in [0.3, 0.4) is 0 Å². The number of fused-ring (bicyclic) bond motifs is 3. The summed E-state index contributed by atoms with van der Waals surface area (Å²) in [6.45, 7) is 0.152. The lowest BCUT2D eigenvalue weighted by molar-refractivity contribution is 0.348. The van der Waals surface area contributed by atoms with Crippen molar-refractivity contribution in [3.63, 3.8) is 0 Å². The number of aromatic nitrogens is 2. The highest BCUT2D eigenvalue weighted by molar-refractivity contribution is 6.31. The summed E-state index contributed by atoms with van der Waals surface area (Å²) < 4.78 is 7.61. The number of hydrogen-bond donors (Lipinski definition) is 2. The van der Waals surface area contributed by atoms with Gasteiger partial charge in [-0.25, -0.2) is 10.8 Å². The third-order valence-corrected chi connectivity index (χ3v) is 4.80. The molecular formula is C20H17ClN6O. The van der Waals surface area contributed by atoms with Crippen LogP contribution in [-0.2, 0) is 6.42 Å². The van der Waals surface area contributed by atoms with Crippen LogP contribution in [0.5, 0.6) is 5.75 Å². The molecule has 1 aliphatic rings. The highest BCUT2D eigenvalue weighted by Gasteiger charge is 2.26. The number of nitriles is 1. The maximum absolute atomic E-state index is 9.45. The number of hydrogen-bond acceptors (Lipinski definition) is 6. The lowest BCUT2D eigenvalue weighted by Gasteiger charge is -2.23. The summed E-state index contributed by atoms with van der Waals surface area (Å²) in [6.07, 6.45) is 1.93. The number of halogens is 1. The number of allylic oxidation sites excluding steroid dienone is 1. The molecule has 140 valence electrons. The summed E-state index contributed by atoms with van der Waals surface area (Å²) in [4.78, 5) is 4.21. The second kappa shape index (κ2) is 7.27. The summed E-state index contributed by atoms with van der Waals surface area (Å²) in [5, 5.41) is 11.5. The van der Waals surface area contributed by atoms with E-state index in [0.717, 1.165) is 5.69 Å². The van der Waals surface area contributed by atoms with Crippen LogP contribution in [0.25, 0.3) is 5.69 Å². The fraction of sp³-hybridized carbons (Fsp3) is 0.100. The molecule has 0 amide bonds. The van der Waals surface area contributed by atoms with E-state index in [4.69, 9.17) is 27.9 Å².